The van der Waals surface area contributed by atoms with Gasteiger partial charge in [-0.25, -0.2) is 0 Å². The number of carbonyl (C=O) groups is 1. The zero-order valence-electron chi connectivity index (χ0n) is 2.49. The third-order valence-corrected chi connectivity index (χ3v) is 0. The Balaban J connectivity index is 0. The van der Waals surface area contributed by atoms with Crippen LogP contribution in [0, 0.1) is 0 Å². The van der Waals surface area contributed by atoms with Crippen molar-refractivity contribution < 1.29 is 4.79 Å². The van der Waals surface area contributed by atoms with Gasteiger partial charge < -0.3 is 4.79 Å². The van der Waals surface area contributed by atoms with Crippen molar-refractivity contribution in [2.24, 2.45) is 0 Å². The van der Waals surface area contributed by atoms with Crippen LogP contribution in [-0.2, 0) is 4.79 Å². The maximum atomic E-state index is 8.00. The molecule has 0 radical (unpaired) electrons. The van der Waals surface area contributed by atoms with E-state index in [1.54, 1.807) is 0 Å². The summed E-state index contributed by atoms with van der Waals surface area (Å²) >= 11 is 3.37. The van der Waals surface area contributed by atoms with Crippen LogP contribution in [0.25, 0.3) is 0 Å². The van der Waals surface area contributed by atoms with Gasteiger partial charge in [-0.1, -0.05) is 0 Å². The van der Waals surface area contributed by atoms with Crippen LogP contribution in [0.4, 0.5) is 0 Å². The third kappa shape index (κ3) is 8.97. The van der Waals surface area contributed by atoms with Crippen LogP contribution in [0.3, 0.4) is 0 Å². The van der Waals surface area contributed by atoms with Gasteiger partial charge in [-0.2, -0.15) is 0 Å². The molecule has 0 bridgehead atoms. The normalized spacial score (nSPS) is 2.75. The van der Waals surface area contributed by atoms with Crippen molar-refractivity contribution in [2.45, 2.75) is 0 Å². The van der Waals surface area contributed by atoms with Crippen LogP contribution in [0.2, 0.25) is 0 Å². The van der Waals surface area contributed by atoms with E-state index in [9.17, 15) is 0 Å². The fraction of sp³-hybridized carbons (Fsp3) is 0. The Kier molecular flexibility index (Phi) is 46.5. The molecule has 0 N–H and O–H groups in total. The van der Waals surface area contributed by atoms with Gasteiger partial charge in [0.05, 0.1) is 0 Å². The second-order valence-corrected chi connectivity index (χ2v) is 0. The molecular formula is CH2IKO. The molecule has 0 saturated heterocycles. The molecule has 3 heteroatoms. The molecule has 0 aliphatic rings. The first-order valence-electron chi connectivity index (χ1n) is 0.667. The van der Waals surface area contributed by atoms with Gasteiger partial charge in [0.1, 0.15) is 6.79 Å². The van der Waals surface area contributed by atoms with Crippen LogP contribution in [0.1, 0.15) is 0 Å². The Morgan fingerprint density at radius 3 is 1.50 bits per heavy atom. The fourth-order valence-corrected chi connectivity index (χ4v) is 0. The molecule has 1 nitrogen and oxygen atoms in total. The van der Waals surface area contributed by atoms with Crippen molar-refractivity contribution in [2.75, 3.05) is 0 Å². The molecule has 0 aromatic carbocycles. The molecule has 4 heavy (non-hydrogen) atoms. The van der Waals surface area contributed by atoms with Crippen molar-refractivity contribution in [3.05, 3.63) is 0 Å². The van der Waals surface area contributed by atoms with E-state index in [0.29, 0.717) is 0 Å². The second-order valence-electron chi connectivity index (χ2n) is 0. The summed E-state index contributed by atoms with van der Waals surface area (Å²) < 4.78 is 0. The molecule has 20 valence electrons. The Labute approximate surface area is 63.6 Å². The van der Waals surface area contributed by atoms with Gasteiger partial charge in [-0.05, 0) is 0 Å². The van der Waals surface area contributed by atoms with E-state index in [2.05, 4.69) is 11.3 Å². The molecule has 0 aliphatic carbocycles. The summed E-state index contributed by atoms with van der Waals surface area (Å²) in [7, 11) is 0. The number of rotatable bonds is 0. The molecule has 0 aromatic rings. The van der Waals surface area contributed by atoms with Gasteiger partial charge in [0.15, 0.2) is 0 Å². The van der Waals surface area contributed by atoms with E-state index < -0.39 is 0 Å². The van der Waals surface area contributed by atoms with Crippen LogP contribution in [0.15, 0.2) is 0 Å². The number of halogens is 1. The zero-order valence-corrected chi connectivity index (χ0v) is 7.77. The molecular weight excluding hydrogens is 194 g/mol. The topological polar surface area (TPSA) is 17.1 Å². The standard InChI is InChI=1S/CH2O.HI.K/c1-2;;/h1H2;1H;/q;;+1/p-1. The zero-order chi connectivity index (χ0) is 4.00. The molecule has 0 saturated carbocycles. The number of carbonyl (C=O) groups excluding carboxylic acids is 1. The van der Waals surface area contributed by atoms with E-state index in [1.807, 2.05) is 6.79 Å². The summed E-state index contributed by atoms with van der Waals surface area (Å²) in [5.74, 6) is 0. The second kappa shape index (κ2) is 19.8. The molecule has 0 unspecified atom stereocenters. The summed E-state index contributed by atoms with van der Waals surface area (Å²) in [5.41, 5.74) is 0. The molecule has 0 aliphatic heterocycles. The Bertz CT molecular complexity index is 8.00. The molecule has 0 heterocycles. The van der Waals surface area contributed by atoms with Crippen molar-refractivity contribution in [1.29, 1.82) is 0 Å². The van der Waals surface area contributed by atoms with E-state index >= 15 is 0 Å². The first-order valence-corrected chi connectivity index (χ1v) is 10.7. The average Bonchev–Trinajstić information content (AvgIpc) is 1.50. The first kappa shape index (κ1) is 9.40. The first-order chi connectivity index (χ1) is 2.00. The van der Waals surface area contributed by atoms with Gasteiger partial charge in [0, 0.05) is 0 Å². The molecule has 0 amide bonds. The molecule has 0 fully saturated rings. The van der Waals surface area contributed by atoms with Gasteiger partial charge in [-0.3, -0.25) is 0 Å². The Hall–Kier alpha value is 2.04. The van der Waals surface area contributed by atoms with Crippen molar-refractivity contribution >= 4 is 60.8 Å². The van der Waals surface area contributed by atoms with Crippen molar-refractivity contribution in [3.8, 4) is 0 Å². The van der Waals surface area contributed by atoms with Crippen LogP contribution in [0.5, 0.6) is 0 Å². The minimum atomic E-state index is 1.03. The van der Waals surface area contributed by atoms with Gasteiger partial charge >= 0.3 is 54.0 Å². The molecule has 0 rings (SSSR count). The van der Waals surface area contributed by atoms with E-state index in [0.717, 1.165) is 42.7 Å². The molecule has 0 atom stereocenters. The Morgan fingerprint density at radius 1 is 1.50 bits per heavy atom. The predicted molar refractivity (Wildman–Crippen MR) is 26.9 cm³/mol. The van der Waals surface area contributed by atoms with E-state index in [1.165, 1.54) is 0 Å². The summed E-state index contributed by atoms with van der Waals surface area (Å²) in [6.45, 7) is 2.00. The molecule has 0 aromatic heterocycles. The third-order valence-electron chi connectivity index (χ3n) is 0. The van der Waals surface area contributed by atoms with Gasteiger partial charge in [0.2, 0.25) is 0 Å². The maximum absolute atomic E-state index is 8.00. The van der Waals surface area contributed by atoms with Crippen molar-refractivity contribution in [3.63, 3.8) is 0 Å². The van der Waals surface area contributed by atoms with Crippen LogP contribution in [-0.4, -0.2) is 49.5 Å². The minimum absolute atomic E-state index is 1.03. The van der Waals surface area contributed by atoms with Gasteiger partial charge in [0.25, 0.3) is 0 Å². The Morgan fingerprint density at radius 2 is 1.50 bits per heavy atom. The van der Waals surface area contributed by atoms with Crippen LogP contribution < -0.4 is 0 Å². The summed E-state index contributed by atoms with van der Waals surface area (Å²) in [5, 5.41) is 0. The fourth-order valence-electron chi connectivity index (χ4n) is 0. The quantitative estimate of drug-likeness (QED) is 0.402. The summed E-state index contributed by atoms with van der Waals surface area (Å²) in [6, 6.07) is 0. The van der Waals surface area contributed by atoms with E-state index in [-0.39, 0.29) is 0 Å². The van der Waals surface area contributed by atoms with Crippen LogP contribution >= 0.6 is 11.3 Å². The monoisotopic (exact) mass is 196 g/mol. The van der Waals surface area contributed by atoms with Gasteiger partial charge in [-0.15, -0.1) is 0 Å². The molecule has 0 spiro atoms. The summed E-state index contributed by atoms with van der Waals surface area (Å²) in [6.07, 6.45) is 0. The van der Waals surface area contributed by atoms with E-state index in [4.69, 9.17) is 4.79 Å². The predicted octanol–water partition coefficient (Wildman–Crippen LogP) is 0.320. The number of hydrogen-bond donors (Lipinski definition) is 0. The SMILES string of the molecule is C=O.[K][I]. The average molecular weight is 196 g/mol. The summed E-state index contributed by atoms with van der Waals surface area (Å²) in [4.78, 5) is 8.00. The van der Waals surface area contributed by atoms with Crippen molar-refractivity contribution in [1.82, 2.24) is 0 Å². The number of hydrogen-bond acceptors (Lipinski definition) is 1.